The minimum absolute atomic E-state index is 0.0357. The van der Waals surface area contributed by atoms with E-state index in [0.29, 0.717) is 23.8 Å². The van der Waals surface area contributed by atoms with Crippen LogP contribution in [0.4, 0.5) is 4.79 Å². The van der Waals surface area contributed by atoms with Gasteiger partial charge in [-0.1, -0.05) is 26.0 Å². The zero-order valence-corrected chi connectivity index (χ0v) is 22.5. The van der Waals surface area contributed by atoms with Gasteiger partial charge in [0.25, 0.3) is 0 Å². The lowest BCUT2D eigenvalue weighted by atomic mass is 9.43. The fourth-order valence-electron chi connectivity index (χ4n) is 5.93. The highest BCUT2D eigenvalue weighted by Crippen LogP contribution is 2.66. The van der Waals surface area contributed by atoms with E-state index in [9.17, 15) is 9.59 Å². The number of carbonyl (C=O) groups excluding carboxylic acids is 2. The highest BCUT2D eigenvalue weighted by molar-refractivity contribution is 5.94. The molecule has 7 heteroatoms. The Bertz CT molecular complexity index is 1000. The first-order valence-corrected chi connectivity index (χ1v) is 12.6. The molecule has 194 valence electrons. The highest BCUT2D eigenvalue weighted by Gasteiger charge is 2.67. The predicted molar refractivity (Wildman–Crippen MR) is 130 cm³/mol. The molecule has 0 spiro atoms. The molecule has 0 amide bonds. The summed E-state index contributed by atoms with van der Waals surface area (Å²) in [5, 5.41) is 0. The van der Waals surface area contributed by atoms with Crippen molar-refractivity contribution in [1.29, 1.82) is 0 Å². The van der Waals surface area contributed by atoms with Crippen molar-refractivity contribution in [3.63, 3.8) is 0 Å². The van der Waals surface area contributed by atoms with Crippen molar-refractivity contribution in [1.82, 2.24) is 0 Å². The second-order valence-corrected chi connectivity index (χ2v) is 13.0. The van der Waals surface area contributed by atoms with Crippen LogP contribution in [0.1, 0.15) is 91.1 Å². The monoisotopic (exact) mass is 488 g/mol. The third-order valence-corrected chi connectivity index (χ3v) is 7.68. The molecule has 1 heterocycles. The van der Waals surface area contributed by atoms with Crippen LogP contribution in [0.5, 0.6) is 5.75 Å². The summed E-state index contributed by atoms with van der Waals surface area (Å²) < 4.78 is 29.5. The number of hydrogen-bond acceptors (Lipinski definition) is 7. The molecule has 4 aliphatic rings. The maximum Gasteiger partial charge on any atom is 0.514 e. The third-order valence-electron chi connectivity index (χ3n) is 7.68. The number of para-hydroxylation sites is 1. The second kappa shape index (κ2) is 8.48. The fourth-order valence-corrected chi connectivity index (χ4v) is 5.93. The predicted octanol–water partition coefficient (Wildman–Crippen LogP) is 6.06. The van der Waals surface area contributed by atoms with Crippen molar-refractivity contribution in [2.45, 2.75) is 111 Å². The number of rotatable bonds is 4. The average Bonchev–Trinajstić information content (AvgIpc) is 3.01. The summed E-state index contributed by atoms with van der Waals surface area (Å²) in [7, 11) is 0. The summed E-state index contributed by atoms with van der Waals surface area (Å²) in [6.45, 7) is 17.4. The van der Waals surface area contributed by atoms with Crippen molar-refractivity contribution in [2.75, 3.05) is 0 Å². The van der Waals surface area contributed by atoms with Gasteiger partial charge in [0, 0.05) is 12.0 Å². The fraction of sp³-hybridized carbons (Fsp3) is 0.714. The van der Waals surface area contributed by atoms with Crippen molar-refractivity contribution in [3.8, 4) is 5.75 Å². The van der Waals surface area contributed by atoms with Crippen LogP contribution < -0.4 is 4.74 Å². The van der Waals surface area contributed by atoms with Crippen LogP contribution >= 0.6 is 0 Å². The van der Waals surface area contributed by atoms with Gasteiger partial charge >= 0.3 is 12.1 Å². The quantitative estimate of drug-likeness (QED) is 0.376. The summed E-state index contributed by atoms with van der Waals surface area (Å²) in [6.07, 6.45) is 1.13. The number of carbonyl (C=O) groups is 2. The molecule has 3 aliphatic carbocycles. The summed E-state index contributed by atoms with van der Waals surface area (Å²) in [5.74, 6) is 0.631. The summed E-state index contributed by atoms with van der Waals surface area (Å²) in [5.41, 5.74) is -0.769. The Balaban J connectivity index is 1.60. The van der Waals surface area contributed by atoms with E-state index in [4.69, 9.17) is 23.7 Å². The largest absolute Gasteiger partial charge is 0.514 e. The Morgan fingerprint density at radius 1 is 1.00 bits per heavy atom. The zero-order chi connectivity index (χ0) is 26.0. The van der Waals surface area contributed by atoms with Gasteiger partial charge in [0.15, 0.2) is 12.0 Å². The minimum atomic E-state index is -0.883. The summed E-state index contributed by atoms with van der Waals surface area (Å²) >= 11 is 0. The second-order valence-electron chi connectivity index (χ2n) is 13.0. The lowest BCUT2D eigenvalue weighted by Gasteiger charge is -2.63. The van der Waals surface area contributed by atoms with Gasteiger partial charge in [-0.05, 0) is 84.6 Å². The number of esters is 1. The first kappa shape index (κ1) is 26.0. The first-order chi connectivity index (χ1) is 16.0. The van der Waals surface area contributed by atoms with Crippen LogP contribution in [-0.4, -0.2) is 41.3 Å². The van der Waals surface area contributed by atoms with Crippen LogP contribution in [0.25, 0.3) is 0 Å². The Kier molecular flexibility index (Phi) is 6.29. The highest BCUT2D eigenvalue weighted by atomic mass is 16.7. The molecule has 7 nitrogen and oxygen atoms in total. The standard InChI is InChI=1S/C28H40O7/c1-25(2,3)34-23(29)18-12-10-11-16(22(18)32-24(30)35-26(4,5)6)13-21-31-20-15-17-14-19(27(17,7)8)28(20,9)33-21/h10-12,17,19-21H,13-15H2,1-9H3/t17-,19-,20?,21?,28-/m0/s1. The molecule has 5 rings (SSSR count). The van der Waals surface area contributed by atoms with Gasteiger partial charge in [-0.25, -0.2) is 9.59 Å². The maximum absolute atomic E-state index is 13.0. The van der Waals surface area contributed by atoms with Crippen molar-refractivity contribution in [2.24, 2.45) is 17.3 Å². The van der Waals surface area contributed by atoms with E-state index >= 15 is 0 Å². The Morgan fingerprint density at radius 3 is 2.26 bits per heavy atom. The molecule has 0 radical (unpaired) electrons. The van der Waals surface area contributed by atoms with Gasteiger partial charge in [0.2, 0.25) is 0 Å². The van der Waals surface area contributed by atoms with Crippen molar-refractivity contribution < 1.29 is 33.3 Å². The maximum atomic E-state index is 13.0. The van der Waals surface area contributed by atoms with E-state index in [2.05, 4.69) is 20.8 Å². The SMILES string of the molecule is CC(C)(C)OC(=O)Oc1c(CC2OC3C[C@@H]4C[C@@H](C4(C)C)[C@]3(C)O2)cccc1C(=O)OC(C)(C)C. The molecular weight excluding hydrogens is 448 g/mol. The molecular formula is C28H40O7. The molecule has 35 heavy (non-hydrogen) atoms. The molecule has 2 bridgehead atoms. The van der Waals surface area contributed by atoms with Crippen LogP contribution in [0.3, 0.4) is 0 Å². The van der Waals surface area contributed by atoms with E-state index in [-0.39, 0.29) is 28.4 Å². The lowest BCUT2D eigenvalue weighted by Crippen LogP contribution is -2.65. The molecule has 5 atom stereocenters. The number of ether oxygens (including phenoxy) is 5. The summed E-state index contributed by atoms with van der Waals surface area (Å²) in [6, 6.07) is 5.15. The normalized spacial score (nSPS) is 31.2. The molecule has 1 aromatic rings. The molecule has 0 N–H and O–H groups in total. The first-order valence-electron chi connectivity index (χ1n) is 12.6. The van der Waals surface area contributed by atoms with Gasteiger partial charge in [-0.3, -0.25) is 0 Å². The van der Waals surface area contributed by atoms with E-state index in [0.717, 1.165) is 12.8 Å². The number of benzene rings is 1. The number of hydrogen-bond donors (Lipinski definition) is 0. The van der Waals surface area contributed by atoms with E-state index in [1.165, 1.54) is 0 Å². The third kappa shape index (κ3) is 5.08. The van der Waals surface area contributed by atoms with E-state index < -0.39 is 29.6 Å². The Hall–Kier alpha value is -2.12. The van der Waals surface area contributed by atoms with E-state index in [1.54, 1.807) is 53.7 Å². The van der Waals surface area contributed by atoms with Gasteiger partial charge in [-0.2, -0.15) is 0 Å². The minimum Gasteiger partial charge on any atom is -0.456 e. The van der Waals surface area contributed by atoms with Gasteiger partial charge in [0.05, 0.1) is 11.7 Å². The van der Waals surface area contributed by atoms with Crippen LogP contribution in [0, 0.1) is 17.3 Å². The van der Waals surface area contributed by atoms with Crippen molar-refractivity contribution in [3.05, 3.63) is 29.3 Å². The lowest BCUT2D eigenvalue weighted by molar-refractivity contribution is -0.208. The molecule has 1 saturated heterocycles. The summed E-state index contributed by atoms with van der Waals surface area (Å²) in [4.78, 5) is 25.6. The topological polar surface area (TPSA) is 80.3 Å². The van der Waals surface area contributed by atoms with E-state index in [1.807, 2.05) is 6.07 Å². The molecule has 1 aliphatic heterocycles. The van der Waals surface area contributed by atoms with Crippen LogP contribution in [-0.2, 0) is 25.4 Å². The van der Waals surface area contributed by atoms with Crippen LogP contribution in [0.2, 0.25) is 0 Å². The Morgan fingerprint density at radius 2 is 1.66 bits per heavy atom. The van der Waals surface area contributed by atoms with Crippen molar-refractivity contribution >= 4 is 12.1 Å². The van der Waals surface area contributed by atoms with Gasteiger partial charge < -0.3 is 23.7 Å². The molecule has 2 unspecified atom stereocenters. The smallest absolute Gasteiger partial charge is 0.456 e. The molecule has 4 fully saturated rings. The molecule has 0 aromatic heterocycles. The Labute approximate surface area is 208 Å². The van der Waals surface area contributed by atoms with Crippen LogP contribution in [0.15, 0.2) is 18.2 Å². The van der Waals surface area contributed by atoms with Gasteiger partial charge in [0.1, 0.15) is 16.8 Å². The van der Waals surface area contributed by atoms with Gasteiger partial charge in [-0.15, -0.1) is 0 Å². The molecule has 1 aromatic carbocycles. The molecule has 3 saturated carbocycles. The average molecular weight is 489 g/mol. The zero-order valence-electron chi connectivity index (χ0n) is 22.5.